The van der Waals surface area contributed by atoms with Crippen LogP contribution in [0.1, 0.15) is 30.4 Å². The van der Waals surface area contributed by atoms with Crippen molar-refractivity contribution in [3.8, 4) is 5.75 Å². The molecule has 1 aromatic rings. The zero-order valence-corrected chi connectivity index (χ0v) is 13.4. The number of ether oxygens (including phenoxy) is 2. The van der Waals surface area contributed by atoms with Crippen molar-refractivity contribution in [1.82, 2.24) is 5.32 Å². The Morgan fingerprint density at radius 1 is 1.32 bits per heavy atom. The first-order valence-corrected chi connectivity index (χ1v) is 8.32. The molecule has 0 bridgehead atoms. The van der Waals surface area contributed by atoms with Crippen LogP contribution in [0, 0.1) is 5.41 Å². The van der Waals surface area contributed by atoms with Gasteiger partial charge in [0.15, 0.2) is 0 Å². The summed E-state index contributed by atoms with van der Waals surface area (Å²) < 4.78 is 10.8. The molecule has 0 aromatic heterocycles. The lowest BCUT2D eigenvalue weighted by atomic mass is 9.80. The summed E-state index contributed by atoms with van der Waals surface area (Å²) in [7, 11) is 1.72. The molecular weight excluding hydrogens is 278 g/mol. The molecule has 1 fully saturated rings. The standard InChI is InChI=1S/C18H27NO3/c1-21-17-5-3-14-2-4-16(10-15(14)11-17)19-12-18(13-20)6-8-22-9-7-18/h3,5,11,16,19-20H,2,4,6-10,12-13H2,1H3. The molecule has 22 heavy (non-hydrogen) atoms. The van der Waals surface area contributed by atoms with Crippen molar-refractivity contribution >= 4 is 0 Å². The van der Waals surface area contributed by atoms with E-state index in [4.69, 9.17) is 9.47 Å². The molecule has 1 aromatic carbocycles. The highest BCUT2D eigenvalue weighted by Crippen LogP contribution is 2.30. The summed E-state index contributed by atoms with van der Waals surface area (Å²) in [5, 5.41) is 13.5. The highest BCUT2D eigenvalue weighted by atomic mass is 16.5. The lowest BCUT2D eigenvalue weighted by molar-refractivity contribution is -0.0167. The Balaban J connectivity index is 1.60. The molecule has 1 unspecified atom stereocenters. The van der Waals surface area contributed by atoms with E-state index in [9.17, 15) is 5.11 Å². The number of methoxy groups -OCH3 is 1. The molecule has 0 radical (unpaired) electrons. The van der Waals surface area contributed by atoms with Gasteiger partial charge < -0.3 is 19.9 Å². The molecular formula is C18H27NO3. The predicted molar refractivity (Wildman–Crippen MR) is 86.4 cm³/mol. The van der Waals surface area contributed by atoms with Crippen molar-refractivity contribution in [3.63, 3.8) is 0 Å². The van der Waals surface area contributed by atoms with Crippen LogP contribution in [-0.4, -0.2) is 44.6 Å². The van der Waals surface area contributed by atoms with Gasteiger partial charge in [0.2, 0.25) is 0 Å². The summed E-state index contributed by atoms with van der Waals surface area (Å²) in [4.78, 5) is 0. The summed E-state index contributed by atoms with van der Waals surface area (Å²) in [5.41, 5.74) is 2.85. The Morgan fingerprint density at radius 3 is 2.86 bits per heavy atom. The fourth-order valence-corrected chi connectivity index (χ4v) is 3.59. The normalized spacial score (nSPS) is 23.8. The van der Waals surface area contributed by atoms with Gasteiger partial charge in [0, 0.05) is 31.2 Å². The van der Waals surface area contributed by atoms with Crippen molar-refractivity contribution in [2.75, 3.05) is 33.5 Å². The number of benzene rings is 1. The molecule has 2 aliphatic rings. The largest absolute Gasteiger partial charge is 0.497 e. The third-order valence-electron chi connectivity index (χ3n) is 5.30. The van der Waals surface area contributed by atoms with E-state index in [1.807, 2.05) is 0 Å². The van der Waals surface area contributed by atoms with Gasteiger partial charge in [0.05, 0.1) is 13.7 Å². The van der Waals surface area contributed by atoms with Crippen LogP contribution in [0.5, 0.6) is 5.75 Å². The van der Waals surface area contributed by atoms with Crippen molar-refractivity contribution in [2.45, 2.75) is 38.1 Å². The van der Waals surface area contributed by atoms with Gasteiger partial charge in [0.1, 0.15) is 5.75 Å². The first-order chi connectivity index (χ1) is 10.7. The highest BCUT2D eigenvalue weighted by molar-refractivity contribution is 5.37. The molecule has 2 N–H and O–H groups in total. The van der Waals surface area contributed by atoms with Crippen molar-refractivity contribution in [1.29, 1.82) is 0 Å². The van der Waals surface area contributed by atoms with Crippen LogP contribution in [-0.2, 0) is 17.6 Å². The fourth-order valence-electron chi connectivity index (χ4n) is 3.59. The maximum atomic E-state index is 9.79. The Kier molecular flexibility index (Phi) is 5.01. The van der Waals surface area contributed by atoms with E-state index in [-0.39, 0.29) is 12.0 Å². The molecule has 0 saturated carbocycles. The molecule has 1 atom stereocenters. The number of hydrogen-bond acceptors (Lipinski definition) is 4. The van der Waals surface area contributed by atoms with Crippen molar-refractivity contribution < 1.29 is 14.6 Å². The molecule has 4 nitrogen and oxygen atoms in total. The Bertz CT molecular complexity index is 497. The molecule has 0 amide bonds. The Hall–Kier alpha value is -1.10. The van der Waals surface area contributed by atoms with Crippen LogP contribution < -0.4 is 10.1 Å². The number of aliphatic hydroxyl groups excluding tert-OH is 1. The third-order valence-corrected chi connectivity index (χ3v) is 5.30. The van der Waals surface area contributed by atoms with E-state index in [0.717, 1.165) is 57.6 Å². The van der Waals surface area contributed by atoms with Crippen LogP contribution in [0.4, 0.5) is 0 Å². The van der Waals surface area contributed by atoms with E-state index < -0.39 is 0 Å². The van der Waals surface area contributed by atoms with Crippen LogP contribution >= 0.6 is 0 Å². The number of aryl methyl sites for hydroxylation is 1. The number of hydrogen-bond donors (Lipinski definition) is 2. The Labute approximate surface area is 132 Å². The second-order valence-electron chi connectivity index (χ2n) is 6.73. The second-order valence-corrected chi connectivity index (χ2v) is 6.73. The topological polar surface area (TPSA) is 50.7 Å². The average Bonchev–Trinajstić information content (AvgIpc) is 2.60. The second kappa shape index (κ2) is 6.99. The zero-order valence-electron chi connectivity index (χ0n) is 13.4. The quantitative estimate of drug-likeness (QED) is 0.873. The van der Waals surface area contributed by atoms with E-state index in [1.165, 1.54) is 11.1 Å². The Morgan fingerprint density at radius 2 is 2.14 bits per heavy atom. The maximum Gasteiger partial charge on any atom is 0.119 e. The van der Waals surface area contributed by atoms with Gasteiger partial charge in [-0.2, -0.15) is 0 Å². The smallest absolute Gasteiger partial charge is 0.119 e. The van der Waals surface area contributed by atoms with Gasteiger partial charge in [-0.05, 0) is 55.4 Å². The molecule has 4 heteroatoms. The molecule has 1 saturated heterocycles. The maximum absolute atomic E-state index is 9.79. The van der Waals surface area contributed by atoms with Gasteiger partial charge >= 0.3 is 0 Å². The summed E-state index contributed by atoms with van der Waals surface area (Å²) >= 11 is 0. The molecule has 1 aliphatic carbocycles. The van der Waals surface area contributed by atoms with E-state index in [2.05, 4.69) is 23.5 Å². The number of rotatable bonds is 5. The van der Waals surface area contributed by atoms with Crippen molar-refractivity contribution in [3.05, 3.63) is 29.3 Å². The van der Waals surface area contributed by atoms with Crippen LogP contribution in [0.2, 0.25) is 0 Å². The third kappa shape index (κ3) is 3.45. The minimum absolute atomic E-state index is 0.00685. The van der Waals surface area contributed by atoms with E-state index in [1.54, 1.807) is 7.11 Å². The molecule has 1 heterocycles. The number of nitrogens with one attached hydrogen (secondary N) is 1. The molecule has 0 spiro atoms. The van der Waals surface area contributed by atoms with Crippen molar-refractivity contribution in [2.24, 2.45) is 5.41 Å². The van der Waals surface area contributed by atoms with Gasteiger partial charge in [0.25, 0.3) is 0 Å². The van der Waals surface area contributed by atoms with Crippen LogP contribution in [0.25, 0.3) is 0 Å². The first-order valence-electron chi connectivity index (χ1n) is 8.32. The average molecular weight is 305 g/mol. The van der Waals surface area contributed by atoms with Gasteiger partial charge in [-0.15, -0.1) is 0 Å². The summed E-state index contributed by atoms with van der Waals surface area (Å²) in [6.45, 7) is 2.68. The van der Waals surface area contributed by atoms with E-state index >= 15 is 0 Å². The van der Waals surface area contributed by atoms with Crippen LogP contribution in [0.3, 0.4) is 0 Å². The van der Waals surface area contributed by atoms with E-state index in [0.29, 0.717) is 6.04 Å². The van der Waals surface area contributed by atoms with Gasteiger partial charge in [-0.1, -0.05) is 6.07 Å². The summed E-state index contributed by atoms with van der Waals surface area (Å²) in [6, 6.07) is 6.90. The minimum Gasteiger partial charge on any atom is -0.497 e. The summed E-state index contributed by atoms with van der Waals surface area (Å²) in [6.07, 6.45) is 5.23. The molecule has 122 valence electrons. The monoisotopic (exact) mass is 305 g/mol. The molecule has 3 rings (SSSR count). The van der Waals surface area contributed by atoms with Crippen LogP contribution in [0.15, 0.2) is 18.2 Å². The SMILES string of the molecule is COc1ccc2c(c1)CC(NCC1(CO)CCOCC1)CC2. The number of fused-ring (bicyclic) bond motifs is 1. The summed E-state index contributed by atoms with van der Waals surface area (Å²) in [5.74, 6) is 0.940. The number of aliphatic hydroxyl groups is 1. The zero-order chi connectivity index (χ0) is 15.4. The lowest BCUT2D eigenvalue weighted by Gasteiger charge is -2.37. The molecule has 1 aliphatic heterocycles. The minimum atomic E-state index is 0.00685. The van der Waals surface area contributed by atoms with Gasteiger partial charge in [-0.3, -0.25) is 0 Å². The first kappa shape index (κ1) is 15.8. The lowest BCUT2D eigenvalue weighted by Crippen LogP contribution is -2.46. The highest BCUT2D eigenvalue weighted by Gasteiger charge is 2.32. The van der Waals surface area contributed by atoms with Gasteiger partial charge in [-0.25, -0.2) is 0 Å². The predicted octanol–water partition coefficient (Wildman–Crippen LogP) is 1.93. The fraction of sp³-hybridized carbons (Fsp3) is 0.667.